The second kappa shape index (κ2) is 7.53. The molecular formula is C19H18FNO3S. The average molecular weight is 359 g/mol. The molecule has 2 aromatic carbocycles. The molecule has 4 nitrogen and oxygen atoms in total. The fourth-order valence-electron chi connectivity index (χ4n) is 2.53. The first kappa shape index (κ1) is 17.2. The number of hydrogen-bond donors (Lipinski definition) is 1. The molecule has 3 aromatic rings. The fraction of sp³-hybridized carbons (Fsp3) is 0.211. The van der Waals surface area contributed by atoms with Gasteiger partial charge in [-0.25, -0.2) is 9.18 Å². The van der Waals surface area contributed by atoms with Gasteiger partial charge < -0.3 is 14.8 Å². The number of carbonyl (C=O) groups excluding carboxylic acids is 1. The van der Waals surface area contributed by atoms with Crippen LogP contribution in [0.1, 0.15) is 22.8 Å². The van der Waals surface area contributed by atoms with Crippen LogP contribution in [0.4, 0.5) is 9.39 Å². The van der Waals surface area contributed by atoms with Crippen molar-refractivity contribution in [3.05, 3.63) is 59.4 Å². The van der Waals surface area contributed by atoms with E-state index in [4.69, 9.17) is 9.47 Å². The van der Waals surface area contributed by atoms with Crippen molar-refractivity contribution in [2.75, 3.05) is 19.0 Å². The molecule has 0 saturated carbocycles. The predicted octanol–water partition coefficient (Wildman–Crippen LogP) is 4.84. The third-order valence-corrected chi connectivity index (χ3v) is 4.85. The number of hydrogen-bond acceptors (Lipinski definition) is 5. The number of ether oxygens (including phenoxy) is 2. The van der Waals surface area contributed by atoms with Crippen molar-refractivity contribution in [3.8, 4) is 5.75 Å². The molecule has 0 amide bonds. The number of benzene rings is 2. The molecule has 1 aromatic heterocycles. The molecule has 0 spiro atoms. The molecule has 130 valence electrons. The van der Waals surface area contributed by atoms with Gasteiger partial charge in [0.25, 0.3) is 0 Å². The SMILES string of the molecule is CCOC(=O)c1c(NCc2ccc(OC)cc2)sc2cc(F)ccc12. The predicted molar refractivity (Wildman–Crippen MR) is 98.1 cm³/mol. The quantitative estimate of drug-likeness (QED) is 0.640. The van der Waals surface area contributed by atoms with Crippen molar-refractivity contribution in [3.63, 3.8) is 0 Å². The Kier molecular flexibility index (Phi) is 5.19. The molecule has 6 heteroatoms. The highest BCUT2D eigenvalue weighted by molar-refractivity contribution is 7.23. The van der Waals surface area contributed by atoms with Crippen LogP contribution in [0.2, 0.25) is 0 Å². The summed E-state index contributed by atoms with van der Waals surface area (Å²) in [4.78, 5) is 12.4. The maximum absolute atomic E-state index is 13.5. The van der Waals surface area contributed by atoms with Crippen LogP contribution in [0.5, 0.6) is 5.75 Å². The van der Waals surface area contributed by atoms with Crippen molar-refractivity contribution in [2.45, 2.75) is 13.5 Å². The van der Waals surface area contributed by atoms with Gasteiger partial charge in [-0.2, -0.15) is 0 Å². The molecule has 0 saturated heterocycles. The number of thiophene rings is 1. The number of methoxy groups -OCH3 is 1. The molecule has 0 aliphatic rings. The standard InChI is InChI=1S/C19H18FNO3S/c1-3-24-19(22)17-15-9-6-13(20)10-16(15)25-18(17)21-11-12-4-7-14(23-2)8-5-12/h4-10,21H,3,11H2,1-2H3. The molecule has 0 radical (unpaired) electrons. The zero-order chi connectivity index (χ0) is 17.8. The van der Waals surface area contributed by atoms with Gasteiger partial charge in [0.15, 0.2) is 0 Å². The number of nitrogens with one attached hydrogen (secondary N) is 1. The van der Waals surface area contributed by atoms with E-state index in [-0.39, 0.29) is 12.4 Å². The summed E-state index contributed by atoms with van der Waals surface area (Å²) in [5.74, 6) is 0.0525. The molecular weight excluding hydrogens is 341 g/mol. The smallest absolute Gasteiger partial charge is 0.341 e. The summed E-state index contributed by atoms with van der Waals surface area (Å²) in [5, 5.41) is 4.64. The van der Waals surface area contributed by atoms with Crippen LogP contribution < -0.4 is 10.1 Å². The first-order valence-electron chi connectivity index (χ1n) is 7.88. The van der Waals surface area contributed by atoms with E-state index in [1.54, 1.807) is 20.1 Å². The maximum Gasteiger partial charge on any atom is 0.341 e. The Morgan fingerprint density at radius 1 is 1.20 bits per heavy atom. The molecule has 0 aliphatic heterocycles. The van der Waals surface area contributed by atoms with E-state index in [1.807, 2.05) is 24.3 Å². The molecule has 0 unspecified atom stereocenters. The van der Waals surface area contributed by atoms with Crippen molar-refractivity contribution in [2.24, 2.45) is 0 Å². The summed E-state index contributed by atoms with van der Waals surface area (Å²) in [6.45, 7) is 2.58. The minimum atomic E-state index is -0.405. The number of halogens is 1. The zero-order valence-corrected chi connectivity index (χ0v) is 14.8. The first-order chi connectivity index (χ1) is 12.1. The summed E-state index contributed by atoms with van der Waals surface area (Å²) in [6.07, 6.45) is 0. The number of fused-ring (bicyclic) bond motifs is 1. The Bertz CT molecular complexity index is 890. The van der Waals surface area contributed by atoms with E-state index in [1.165, 1.54) is 23.5 Å². The summed E-state index contributed by atoms with van der Waals surface area (Å²) >= 11 is 1.34. The highest BCUT2D eigenvalue weighted by atomic mass is 32.1. The van der Waals surface area contributed by atoms with E-state index in [9.17, 15) is 9.18 Å². The molecule has 3 rings (SSSR count). The average Bonchev–Trinajstić information content (AvgIpc) is 2.98. The summed E-state index contributed by atoms with van der Waals surface area (Å²) in [5.41, 5.74) is 1.50. The van der Waals surface area contributed by atoms with E-state index in [0.717, 1.165) is 11.3 Å². The van der Waals surface area contributed by atoms with Gasteiger partial charge in [-0.05, 0) is 42.8 Å². The number of rotatable bonds is 6. The molecule has 0 fully saturated rings. The number of anilines is 1. The normalized spacial score (nSPS) is 10.7. The van der Waals surface area contributed by atoms with Gasteiger partial charge in [0.05, 0.1) is 13.7 Å². The van der Waals surface area contributed by atoms with Crippen molar-refractivity contribution < 1.29 is 18.7 Å². The Hall–Kier alpha value is -2.60. The van der Waals surface area contributed by atoms with Gasteiger partial charge in [-0.1, -0.05) is 12.1 Å². The van der Waals surface area contributed by atoms with Crippen LogP contribution in [-0.2, 0) is 11.3 Å². The largest absolute Gasteiger partial charge is 0.497 e. The van der Waals surface area contributed by atoms with Crippen LogP contribution in [0.3, 0.4) is 0 Å². The lowest BCUT2D eigenvalue weighted by Gasteiger charge is -2.08. The minimum Gasteiger partial charge on any atom is -0.497 e. The molecule has 1 N–H and O–H groups in total. The second-order valence-electron chi connectivity index (χ2n) is 5.37. The Morgan fingerprint density at radius 3 is 2.64 bits per heavy atom. The molecule has 0 bridgehead atoms. The van der Waals surface area contributed by atoms with Gasteiger partial charge in [-0.3, -0.25) is 0 Å². The summed E-state index contributed by atoms with van der Waals surface area (Å²) in [6, 6.07) is 12.1. The first-order valence-corrected chi connectivity index (χ1v) is 8.70. The van der Waals surface area contributed by atoms with Crippen LogP contribution in [0, 0.1) is 5.82 Å². The van der Waals surface area contributed by atoms with Crippen molar-refractivity contribution in [1.29, 1.82) is 0 Å². The molecule has 25 heavy (non-hydrogen) atoms. The highest BCUT2D eigenvalue weighted by Crippen LogP contribution is 2.37. The lowest BCUT2D eigenvalue weighted by molar-refractivity contribution is 0.0530. The van der Waals surface area contributed by atoms with Crippen molar-refractivity contribution >= 4 is 32.4 Å². The molecule has 0 aliphatic carbocycles. The zero-order valence-electron chi connectivity index (χ0n) is 14.0. The lowest BCUT2D eigenvalue weighted by Crippen LogP contribution is -2.08. The van der Waals surface area contributed by atoms with E-state index in [0.29, 0.717) is 27.2 Å². The fourth-order valence-corrected chi connectivity index (χ4v) is 3.64. The Morgan fingerprint density at radius 2 is 1.96 bits per heavy atom. The monoisotopic (exact) mass is 359 g/mol. The minimum absolute atomic E-state index is 0.287. The maximum atomic E-state index is 13.5. The van der Waals surface area contributed by atoms with E-state index in [2.05, 4.69) is 5.32 Å². The summed E-state index contributed by atoms with van der Waals surface area (Å²) in [7, 11) is 1.62. The third-order valence-electron chi connectivity index (χ3n) is 3.74. The van der Waals surface area contributed by atoms with Crippen molar-refractivity contribution in [1.82, 2.24) is 0 Å². The van der Waals surface area contributed by atoms with Crippen LogP contribution >= 0.6 is 11.3 Å². The van der Waals surface area contributed by atoms with E-state index >= 15 is 0 Å². The van der Waals surface area contributed by atoms with Gasteiger partial charge in [-0.15, -0.1) is 11.3 Å². The highest BCUT2D eigenvalue weighted by Gasteiger charge is 2.20. The Balaban J connectivity index is 1.90. The van der Waals surface area contributed by atoms with Gasteiger partial charge in [0, 0.05) is 16.6 Å². The third kappa shape index (κ3) is 3.74. The lowest BCUT2D eigenvalue weighted by atomic mass is 10.1. The van der Waals surface area contributed by atoms with Crippen LogP contribution in [0.25, 0.3) is 10.1 Å². The Labute approximate surface area is 149 Å². The van der Waals surface area contributed by atoms with Gasteiger partial charge in [0.1, 0.15) is 22.1 Å². The van der Waals surface area contributed by atoms with E-state index < -0.39 is 5.97 Å². The van der Waals surface area contributed by atoms with Crippen LogP contribution in [0.15, 0.2) is 42.5 Å². The molecule has 1 heterocycles. The summed E-state index contributed by atoms with van der Waals surface area (Å²) < 4.78 is 24.5. The van der Waals surface area contributed by atoms with Gasteiger partial charge >= 0.3 is 5.97 Å². The topological polar surface area (TPSA) is 47.6 Å². The molecule has 0 atom stereocenters. The second-order valence-corrected chi connectivity index (χ2v) is 6.42. The van der Waals surface area contributed by atoms with Crippen LogP contribution in [-0.4, -0.2) is 19.7 Å². The number of esters is 1. The number of carbonyl (C=O) groups is 1. The van der Waals surface area contributed by atoms with Gasteiger partial charge in [0.2, 0.25) is 0 Å².